The molecule has 1 saturated heterocycles. The van der Waals surface area contributed by atoms with Crippen molar-refractivity contribution >= 4 is 36.4 Å². The van der Waals surface area contributed by atoms with Gasteiger partial charge in [0.15, 0.2) is 0 Å². The molecule has 1 aliphatic rings. The lowest BCUT2D eigenvalue weighted by Gasteiger charge is -2.27. The minimum atomic E-state index is -0.192. The van der Waals surface area contributed by atoms with Crippen LogP contribution in [0.2, 0.25) is 5.02 Å². The van der Waals surface area contributed by atoms with Gasteiger partial charge in [-0.25, -0.2) is 4.39 Å². The third-order valence-corrected chi connectivity index (χ3v) is 3.30. The van der Waals surface area contributed by atoms with Crippen molar-refractivity contribution in [2.75, 3.05) is 32.7 Å². The zero-order valence-corrected chi connectivity index (χ0v) is 12.4. The summed E-state index contributed by atoms with van der Waals surface area (Å²) in [7, 11) is 0. The summed E-state index contributed by atoms with van der Waals surface area (Å²) >= 11 is 5.98. The molecule has 0 spiro atoms. The quantitative estimate of drug-likeness (QED) is 0.923. The number of nitrogens with zero attached hydrogens (tertiary/aromatic N) is 1. The van der Waals surface area contributed by atoms with Crippen LogP contribution in [0.3, 0.4) is 0 Å². The molecular formula is C12H18Cl3FN2. The molecule has 1 aliphatic heterocycles. The van der Waals surface area contributed by atoms with Gasteiger partial charge in [-0.3, -0.25) is 0 Å². The van der Waals surface area contributed by atoms with Gasteiger partial charge in [0.1, 0.15) is 5.82 Å². The first-order valence-corrected chi connectivity index (χ1v) is 6.01. The molecule has 104 valence electrons. The fourth-order valence-corrected chi connectivity index (χ4v) is 2.23. The summed E-state index contributed by atoms with van der Waals surface area (Å²) in [6.07, 6.45) is 0.686. The largest absolute Gasteiger partial charge is 0.314 e. The summed E-state index contributed by atoms with van der Waals surface area (Å²) in [5.41, 5.74) is 0.641. The molecule has 1 aromatic carbocycles. The Morgan fingerprint density at radius 2 is 1.89 bits per heavy atom. The highest BCUT2D eigenvalue weighted by Gasteiger charge is 2.12. The maximum absolute atomic E-state index is 13.5. The molecule has 0 amide bonds. The Morgan fingerprint density at radius 3 is 2.50 bits per heavy atom. The van der Waals surface area contributed by atoms with Crippen LogP contribution in [-0.4, -0.2) is 37.6 Å². The molecule has 0 aromatic heterocycles. The molecule has 6 heteroatoms. The van der Waals surface area contributed by atoms with Crippen LogP contribution in [0, 0.1) is 5.82 Å². The first-order valence-electron chi connectivity index (χ1n) is 5.63. The van der Waals surface area contributed by atoms with Gasteiger partial charge in [0.05, 0.1) is 0 Å². The summed E-state index contributed by atoms with van der Waals surface area (Å²) in [6, 6.07) is 4.86. The van der Waals surface area contributed by atoms with E-state index in [1.165, 1.54) is 6.07 Å². The van der Waals surface area contributed by atoms with Gasteiger partial charge in [0.25, 0.3) is 0 Å². The van der Waals surface area contributed by atoms with Crippen molar-refractivity contribution in [2.45, 2.75) is 6.42 Å². The molecule has 1 fully saturated rings. The van der Waals surface area contributed by atoms with Crippen molar-refractivity contribution in [3.63, 3.8) is 0 Å². The highest BCUT2D eigenvalue weighted by molar-refractivity contribution is 6.31. The second-order valence-electron chi connectivity index (χ2n) is 4.04. The molecule has 0 atom stereocenters. The summed E-state index contributed by atoms with van der Waals surface area (Å²) in [5.74, 6) is -0.192. The minimum absolute atomic E-state index is 0. The average molecular weight is 316 g/mol. The van der Waals surface area contributed by atoms with E-state index < -0.39 is 0 Å². The number of benzene rings is 1. The van der Waals surface area contributed by atoms with Crippen LogP contribution in [0.25, 0.3) is 0 Å². The maximum Gasteiger partial charge on any atom is 0.127 e. The maximum atomic E-state index is 13.5. The first-order chi connectivity index (χ1) is 7.77. The second kappa shape index (κ2) is 8.94. The van der Waals surface area contributed by atoms with Crippen LogP contribution in [0.15, 0.2) is 18.2 Å². The summed E-state index contributed by atoms with van der Waals surface area (Å²) in [4.78, 5) is 2.33. The number of nitrogens with one attached hydrogen (secondary N) is 1. The fraction of sp³-hybridized carbons (Fsp3) is 0.500. The Kier molecular flexibility index (Phi) is 8.91. The van der Waals surface area contributed by atoms with E-state index in [-0.39, 0.29) is 30.6 Å². The topological polar surface area (TPSA) is 15.3 Å². The van der Waals surface area contributed by atoms with Gasteiger partial charge in [0, 0.05) is 43.3 Å². The zero-order valence-electron chi connectivity index (χ0n) is 9.99. The molecule has 2 nitrogen and oxygen atoms in total. The van der Waals surface area contributed by atoms with Crippen molar-refractivity contribution in [1.29, 1.82) is 0 Å². The van der Waals surface area contributed by atoms with Crippen LogP contribution in [0.5, 0.6) is 0 Å². The number of hydrogen-bond donors (Lipinski definition) is 1. The lowest BCUT2D eigenvalue weighted by Crippen LogP contribution is -2.44. The number of hydrogen-bond acceptors (Lipinski definition) is 2. The molecule has 18 heavy (non-hydrogen) atoms. The van der Waals surface area contributed by atoms with E-state index in [1.807, 2.05) is 0 Å². The van der Waals surface area contributed by atoms with E-state index in [1.54, 1.807) is 12.1 Å². The highest BCUT2D eigenvalue weighted by atomic mass is 35.5. The van der Waals surface area contributed by atoms with Gasteiger partial charge < -0.3 is 10.2 Å². The lowest BCUT2D eigenvalue weighted by molar-refractivity contribution is 0.243. The predicted octanol–water partition coefficient (Wildman–Crippen LogP) is 2.77. The van der Waals surface area contributed by atoms with Crippen molar-refractivity contribution < 1.29 is 4.39 Å². The SMILES string of the molecule is Cl.Cl.Fc1cccc(Cl)c1CCN1CCNCC1. The van der Waals surface area contributed by atoms with Crippen molar-refractivity contribution in [3.8, 4) is 0 Å². The number of piperazine rings is 1. The molecule has 0 saturated carbocycles. The Bertz CT molecular complexity index is 337. The Hall–Kier alpha value is -0.0600. The Labute approximate surface area is 125 Å². The van der Waals surface area contributed by atoms with Gasteiger partial charge >= 0.3 is 0 Å². The van der Waals surface area contributed by atoms with Gasteiger partial charge in [0.2, 0.25) is 0 Å². The van der Waals surface area contributed by atoms with Crippen LogP contribution in [0.4, 0.5) is 4.39 Å². The van der Waals surface area contributed by atoms with Crippen LogP contribution in [0.1, 0.15) is 5.56 Å². The standard InChI is InChI=1S/C12H16ClFN2.2ClH/c13-11-2-1-3-12(14)10(11)4-7-16-8-5-15-6-9-16;;/h1-3,15H,4-9H2;2*1H. The normalized spacial score (nSPS) is 15.7. The van der Waals surface area contributed by atoms with E-state index in [0.717, 1.165) is 32.7 Å². The van der Waals surface area contributed by atoms with E-state index >= 15 is 0 Å². The predicted molar refractivity (Wildman–Crippen MR) is 78.9 cm³/mol. The van der Waals surface area contributed by atoms with Gasteiger partial charge in [-0.1, -0.05) is 17.7 Å². The second-order valence-corrected chi connectivity index (χ2v) is 4.45. The smallest absolute Gasteiger partial charge is 0.127 e. The summed E-state index contributed by atoms with van der Waals surface area (Å²) < 4.78 is 13.5. The highest BCUT2D eigenvalue weighted by Crippen LogP contribution is 2.19. The number of halogens is 4. The molecule has 0 radical (unpaired) electrons. The number of rotatable bonds is 3. The van der Waals surface area contributed by atoms with E-state index in [0.29, 0.717) is 17.0 Å². The van der Waals surface area contributed by atoms with Crippen LogP contribution in [-0.2, 0) is 6.42 Å². The van der Waals surface area contributed by atoms with E-state index in [4.69, 9.17) is 11.6 Å². The molecule has 2 rings (SSSR count). The molecule has 0 unspecified atom stereocenters. The van der Waals surface area contributed by atoms with Crippen LogP contribution >= 0.6 is 36.4 Å². The van der Waals surface area contributed by atoms with E-state index in [2.05, 4.69) is 10.2 Å². The third kappa shape index (κ3) is 4.90. The monoisotopic (exact) mass is 314 g/mol. The molecule has 1 aromatic rings. The van der Waals surface area contributed by atoms with Crippen molar-refractivity contribution in [2.24, 2.45) is 0 Å². The van der Waals surface area contributed by atoms with Crippen LogP contribution < -0.4 is 5.32 Å². The lowest BCUT2D eigenvalue weighted by atomic mass is 10.1. The third-order valence-electron chi connectivity index (χ3n) is 2.95. The molecule has 1 heterocycles. The first kappa shape index (κ1) is 17.9. The molecule has 0 bridgehead atoms. The summed E-state index contributed by atoms with van der Waals surface area (Å²) in [6.45, 7) is 4.98. The molecule has 1 N–H and O–H groups in total. The van der Waals surface area contributed by atoms with Gasteiger partial charge in [-0.2, -0.15) is 0 Å². The fourth-order valence-electron chi connectivity index (χ4n) is 1.98. The van der Waals surface area contributed by atoms with Crippen molar-refractivity contribution in [3.05, 3.63) is 34.6 Å². The Morgan fingerprint density at radius 1 is 1.22 bits per heavy atom. The summed E-state index contributed by atoms with van der Waals surface area (Å²) in [5, 5.41) is 3.83. The molecule has 0 aliphatic carbocycles. The minimum Gasteiger partial charge on any atom is -0.314 e. The van der Waals surface area contributed by atoms with E-state index in [9.17, 15) is 4.39 Å². The molecular weight excluding hydrogens is 298 g/mol. The van der Waals surface area contributed by atoms with Crippen molar-refractivity contribution in [1.82, 2.24) is 10.2 Å². The Balaban J connectivity index is 0.00000144. The van der Waals surface area contributed by atoms with Gasteiger partial charge in [-0.05, 0) is 18.6 Å². The zero-order chi connectivity index (χ0) is 11.4. The average Bonchev–Trinajstić information content (AvgIpc) is 2.30. The van der Waals surface area contributed by atoms with Gasteiger partial charge in [-0.15, -0.1) is 24.8 Å².